The number of rotatable bonds is 4. The van der Waals surface area contributed by atoms with Crippen LogP contribution in [0.15, 0.2) is 65.5 Å². The number of hydrogen-bond donors (Lipinski definition) is 0. The third-order valence-corrected chi connectivity index (χ3v) is 3.42. The molecule has 0 radical (unpaired) electrons. The Bertz CT molecular complexity index is 635. The number of hydrogen-bond acceptors (Lipinski definition) is 3. The predicted molar refractivity (Wildman–Crippen MR) is 78.3 cm³/mol. The quantitative estimate of drug-likeness (QED) is 0.699. The van der Waals surface area contributed by atoms with E-state index in [0.29, 0.717) is 6.61 Å². The van der Waals surface area contributed by atoms with Crippen molar-refractivity contribution in [1.82, 2.24) is 4.98 Å². The highest BCUT2D eigenvalue weighted by atomic mass is 32.1. The number of thiazole rings is 1. The first-order valence-corrected chi connectivity index (χ1v) is 7.02. The molecule has 0 aliphatic heterocycles. The van der Waals surface area contributed by atoms with Crippen LogP contribution >= 0.6 is 11.3 Å². The second-order valence-corrected chi connectivity index (χ2v) is 4.86. The van der Waals surface area contributed by atoms with Gasteiger partial charge in [-0.3, -0.25) is 0 Å². The molecule has 0 N–H and O–H groups in total. The monoisotopic (exact) mass is 267 g/mol. The SMILES string of the molecule is c1ccc(COc2ccccc2-c2cscn2)cc1. The second-order valence-electron chi connectivity index (χ2n) is 4.14. The number of benzene rings is 2. The molecule has 3 rings (SSSR count). The Morgan fingerprint density at radius 3 is 2.53 bits per heavy atom. The number of aromatic nitrogens is 1. The molecular weight excluding hydrogens is 254 g/mol. The summed E-state index contributed by atoms with van der Waals surface area (Å²) in [5, 5.41) is 2.03. The maximum atomic E-state index is 5.91. The van der Waals surface area contributed by atoms with Crippen molar-refractivity contribution in [2.75, 3.05) is 0 Å². The van der Waals surface area contributed by atoms with E-state index in [-0.39, 0.29) is 0 Å². The van der Waals surface area contributed by atoms with Gasteiger partial charge in [0.15, 0.2) is 0 Å². The lowest BCUT2D eigenvalue weighted by Crippen LogP contribution is -1.96. The molecule has 1 aromatic heterocycles. The van der Waals surface area contributed by atoms with Crippen molar-refractivity contribution < 1.29 is 4.74 Å². The minimum atomic E-state index is 0.571. The van der Waals surface area contributed by atoms with Gasteiger partial charge in [0.2, 0.25) is 0 Å². The van der Waals surface area contributed by atoms with E-state index in [4.69, 9.17) is 4.74 Å². The maximum Gasteiger partial charge on any atom is 0.129 e. The van der Waals surface area contributed by atoms with Crippen molar-refractivity contribution in [2.24, 2.45) is 0 Å². The molecule has 0 spiro atoms. The summed E-state index contributed by atoms with van der Waals surface area (Å²) in [5.41, 5.74) is 5.01. The first-order valence-electron chi connectivity index (χ1n) is 6.08. The van der Waals surface area contributed by atoms with Gasteiger partial charge in [0.25, 0.3) is 0 Å². The van der Waals surface area contributed by atoms with Crippen molar-refractivity contribution in [3.8, 4) is 17.0 Å². The molecule has 0 bridgehead atoms. The van der Waals surface area contributed by atoms with Crippen LogP contribution in [0.4, 0.5) is 0 Å². The molecule has 0 unspecified atom stereocenters. The van der Waals surface area contributed by atoms with E-state index < -0.39 is 0 Å². The number of nitrogens with zero attached hydrogens (tertiary/aromatic N) is 1. The van der Waals surface area contributed by atoms with Gasteiger partial charge in [0.1, 0.15) is 12.4 Å². The molecule has 3 heteroatoms. The van der Waals surface area contributed by atoms with Crippen molar-refractivity contribution in [3.05, 3.63) is 71.1 Å². The Balaban J connectivity index is 1.82. The molecular formula is C16H13NOS. The molecule has 2 nitrogen and oxygen atoms in total. The van der Waals surface area contributed by atoms with E-state index in [1.807, 2.05) is 53.4 Å². The maximum absolute atomic E-state index is 5.91. The van der Waals surface area contributed by atoms with Crippen LogP contribution in [0.1, 0.15) is 5.56 Å². The van der Waals surface area contributed by atoms with Crippen LogP contribution < -0.4 is 4.74 Å². The zero-order chi connectivity index (χ0) is 12.9. The molecule has 1 heterocycles. The van der Waals surface area contributed by atoms with E-state index in [0.717, 1.165) is 22.6 Å². The van der Waals surface area contributed by atoms with Crippen LogP contribution in [-0.2, 0) is 6.61 Å². The summed E-state index contributed by atoms with van der Waals surface area (Å²) in [4.78, 5) is 4.34. The van der Waals surface area contributed by atoms with Gasteiger partial charge in [-0.05, 0) is 17.7 Å². The van der Waals surface area contributed by atoms with Gasteiger partial charge in [-0.15, -0.1) is 11.3 Å². The van der Waals surface area contributed by atoms with E-state index in [9.17, 15) is 0 Å². The molecule has 0 atom stereocenters. The third-order valence-electron chi connectivity index (χ3n) is 2.83. The minimum Gasteiger partial charge on any atom is -0.488 e. The summed E-state index contributed by atoms with van der Waals surface area (Å²) in [5.74, 6) is 0.872. The summed E-state index contributed by atoms with van der Waals surface area (Å²) >= 11 is 1.59. The zero-order valence-electron chi connectivity index (χ0n) is 10.3. The van der Waals surface area contributed by atoms with Gasteiger partial charge in [-0.2, -0.15) is 0 Å². The Hall–Kier alpha value is -2.13. The molecule has 0 amide bonds. The topological polar surface area (TPSA) is 22.1 Å². The highest BCUT2D eigenvalue weighted by Gasteiger charge is 2.07. The van der Waals surface area contributed by atoms with Crippen LogP contribution in [0.2, 0.25) is 0 Å². The van der Waals surface area contributed by atoms with Gasteiger partial charge >= 0.3 is 0 Å². The first-order chi connectivity index (χ1) is 9.43. The van der Waals surface area contributed by atoms with Gasteiger partial charge < -0.3 is 4.74 Å². The van der Waals surface area contributed by atoms with Gasteiger partial charge in [-0.25, -0.2) is 4.98 Å². The van der Waals surface area contributed by atoms with Gasteiger partial charge in [-0.1, -0.05) is 42.5 Å². The fraction of sp³-hybridized carbons (Fsp3) is 0.0625. The van der Waals surface area contributed by atoms with Crippen LogP contribution in [0.5, 0.6) is 5.75 Å². The lowest BCUT2D eigenvalue weighted by Gasteiger charge is -2.10. The first kappa shape index (κ1) is 11.9. The molecule has 0 aliphatic rings. The van der Waals surface area contributed by atoms with Crippen LogP contribution in [0, 0.1) is 0 Å². The Kier molecular flexibility index (Phi) is 3.56. The summed E-state index contributed by atoms with van der Waals surface area (Å²) in [6.07, 6.45) is 0. The van der Waals surface area contributed by atoms with E-state index in [2.05, 4.69) is 17.1 Å². The van der Waals surface area contributed by atoms with Crippen molar-refractivity contribution in [1.29, 1.82) is 0 Å². The normalized spacial score (nSPS) is 10.3. The largest absolute Gasteiger partial charge is 0.488 e. The van der Waals surface area contributed by atoms with Crippen LogP contribution in [0.25, 0.3) is 11.3 Å². The average molecular weight is 267 g/mol. The summed E-state index contributed by atoms with van der Waals surface area (Å²) in [7, 11) is 0. The molecule has 0 aliphatic carbocycles. The smallest absolute Gasteiger partial charge is 0.129 e. The van der Waals surface area contributed by atoms with E-state index in [1.165, 1.54) is 0 Å². The highest BCUT2D eigenvalue weighted by molar-refractivity contribution is 7.07. The molecule has 0 saturated heterocycles. The standard InChI is InChI=1S/C16H13NOS/c1-2-6-13(7-3-1)10-18-16-9-5-4-8-14(16)15-11-19-12-17-15/h1-9,11-12H,10H2. The highest BCUT2D eigenvalue weighted by Crippen LogP contribution is 2.29. The molecule has 19 heavy (non-hydrogen) atoms. The number of para-hydroxylation sites is 1. The average Bonchev–Trinajstić information content (AvgIpc) is 3.01. The summed E-state index contributed by atoms with van der Waals surface area (Å²) in [6.45, 7) is 0.571. The fourth-order valence-electron chi connectivity index (χ4n) is 1.88. The minimum absolute atomic E-state index is 0.571. The molecule has 94 valence electrons. The van der Waals surface area contributed by atoms with Crippen molar-refractivity contribution in [3.63, 3.8) is 0 Å². The Labute approximate surface area is 116 Å². The fourth-order valence-corrected chi connectivity index (χ4v) is 2.44. The van der Waals surface area contributed by atoms with Crippen LogP contribution in [0.3, 0.4) is 0 Å². The van der Waals surface area contributed by atoms with Crippen molar-refractivity contribution in [2.45, 2.75) is 6.61 Å². The number of ether oxygens (including phenoxy) is 1. The van der Waals surface area contributed by atoms with E-state index >= 15 is 0 Å². The van der Waals surface area contributed by atoms with Gasteiger partial charge in [0.05, 0.1) is 11.2 Å². The predicted octanol–water partition coefficient (Wildman–Crippen LogP) is 4.39. The Morgan fingerprint density at radius 1 is 0.947 bits per heavy atom. The molecule has 3 aromatic rings. The zero-order valence-corrected chi connectivity index (χ0v) is 11.1. The third kappa shape index (κ3) is 2.83. The summed E-state index contributed by atoms with van der Waals surface area (Å²) in [6, 6.07) is 18.2. The van der Waals surface area contributed by atoms with Gasteiger partial charge in [0, 0.05) is 10.9 Å². The lowest BCUT2D eigenvalue weighted by molar-refractivity contribution is 0.307. The van der Waals surface area contributed by atoms with Crippen molar-refractivity contribution >= 4 is 11.3 Å². The van der Waals surface area contributed by atoms with E-state index in [1.54, 1.807) is 11.3 Å². The molecule has 0 fully saturated rings. The second kappa shape index (κ2) is 5.67. The summed E-state index contributed by atoms with van der Waals surface area (Å²) < 4.78 is 5.91. The molecule has 2 aromatic carbocycles. The lowest BCUT2D eigenvalue weighted by atomic mass is 10.1. The Morgan fingerprint density at radius 2 is 1.74 bits per heavy atom. The van der Waals surface area contributed by atoms with Crippen LogP contribution in [-0.4, -0.2) is 4.98 Å². The molecule has 0 saturated carbocycles.